The van der Waals surface area contributed by atoms with Gasteiger partial charge in [0, 0.05) is 30.4 Å². The van der Waals surface area contributed by atoms with Crippen LogP contribution in [0.3, 0.4) is 0 Å². The maximum absolute atomic E-state index is 6.11. The molecule has 1 aromatic heterocycles. The van der Waals surface area contributed by atoms with Crippen molar-refractivity contribution in [3.8, 4) is 0 Å². The van der Waals surface area contributed by atoms with Crippen molar-refractivity contribution in [2.45, 2.75) is 25.8 Å². The van der Waals surface area contributed by atoms with Gasteiger partial charge in [0.15, 0.2) is 0 Å². The van der Waals surface area contributed by atoms with Crippen molar-refractivity contribution in [1.29, 1.82) is 0 Å². The first kappa shape index (κ1) is 14.0. The van der Waals surface area contributed by atoms with Crippen LogP contribution < -0.4 is 5.32 Å². The highest BCUT2D eigenvalue weighted by atomic mass is 35.5. The highest BCUT2D eigenvalue weighted by molar-refractivity contribution is 6.32. The quantitative estimate of drug-likeness (QED) is 0.679. The van der Waals surface area contributed by atoms with E-state index in [0.29, 0.717) is 11.2 Å². The monoisotopic (exact) mass is 288 g/mol. The highest BCUT2D eigenvalue weighted by Gasteiger charge is 2.21. The lowest BCUT2D eigenvalue weighted by Crippen LogP contribution is -2.30. The molecule has 4 nitrogen and oxygen atoms in total. The molecule has 0 aliphatic carbocycles. The van der Waals surface area contributed by atoms with E-state index >= 15 is 0 Å². The molecular weight excluding hydrogens is 271 g/mol. The smallest absolute Gasteiger partial charge is 0.224 e. The number of likely N-dealkylation sites (N-methyl/N-ethyl adjacent to an activating group) is 1. The van der Waals surface area contributed by atoms with Gasteiger partial charge in [0.1, 0.15) is 5.15 Å². The van der Waals surface area contributed by atoms with Crippen molar-refractivity contribution >= 4 is 23.2 Å². The number of hydrogen-bond acceptors (Lipinski definition) is 4. The second-order valence-corrected chi connectivity index (χ2v) is 5.37. The summed E-state index contributed by atoms with van der Waals surface area (Å²) in [6.07, 6.45) is 2.08. The Labute approximate surface area is 118 Å². The number of rotatable bonds is 4. The van der Waals surface area contributed by atoms with Gasteiger partial charge >= 0.3 is 0 Å². The van der Waals surface area contributed by atoms with E-state index in [2.05, 4.69) is 20.2 Å². The molecule has 0 radical (unpaired) electrons. The topological polar surface area (TPSA) is 41.0 Å². The van der Waals surface area contributed by atoms with Crippen LogP contribution in [0.25, 0.3) is 0 Å². The lowest BCUT2D eigenvalue weighted by molar-refractivity contribution is 0.334. The minimum atomic E-state index is 0.220. The molecular formula is C12H18Cl2N4. The van der Waals surface area contributed by atoms with Gasteiger partial charge in [0.05, 0.1) is 0 Å². The van der Waals surface area contributed by atoms with Gasteiger partial charge < -0.3 is 10.2 Å². The molecule has 1 aromatic rings. The number of halogens is 2. The summed E-state index contributed by atoms with van der Waals surface area (Å²) in [7, 11) is 2.02. The van der Waals surface area contributed by atoms with Gasteiger partial charge in [-0.05, 0) is 45.0 Å². The Bertz CT molecular complexity index is 402. The summed E-state index contributed by atoms with van der Waals surface area (Å²) < 4.78 is 0. The van der Waals surface area contributed by atoms with E-state index in [-0.39, 0.29) is 5.28 Å². The van der Waals surface area contributed by atoms with Crippen molar-refractivity contribution in [3.05, 3.63) is 21.7 Å². The summed E-state index contributed by atoms with van der Waals surface area (Å²) in [5, 5.41) is 4.02. The van der Waals surface area contributed by atoms with E-state index in [9.17, 15) is 0 Å². The second-order valence-electron chi connectivity index (χ2n) is 4.67. The van der Waals surface area contributed by atoms with Crippen molar-refractivity contribution < 1.29 is 0 Å². The Morgan fingerprint density at radius 3 is 2.78 bits per heavy atom. The molecule has 1 saturated heterocycles. The van der Waals surface area contributed by atoms with Gasteiger partial charge in [-0.3, -0.25) is 0 Å². The fourth-order valence-electron chi connectivity index (χ4n) is 2.35. The van der Waals surface area contributed by atoms with Crippen LogP contribution >= 0.6 is 23.2 Å². The summed E-state index contributed by atoms with van der Waals surface area (Å²) in [4.78, 5) is 10.6. The van der Waals surface area contributed by atoms with Crippen LogP contribution in [-0.4, -0.2) is 47.6 Å². The Hall–Kier alpha value is -0.420. The molecule has 1 N–H and O–H groups in total. The maximum Gasteiger partial charge on any atom is 0.224 e. The molecule has 1 unspecified atom stereocenters. The van der Waals surface area contributed by atoms with Gasteiger partial charge in [-0.15, -0.1) is 0 Å². The fourth-order valence-corrected chi connectivity index (χ4v) is 2.92. The predicted octanol–water partition coefficient (Wildman–Crippen LogP) is 1.93. The zero-order chi connectivity index (χ0) is 13.1. The summed E-state index contributed by atoms with van der Waals surface area (Å²) >= 11 is 11.9. The zero-order valence-electron chi connectivity index (χ0n) is 10.7. The van der Waals surface area contributed by atoms with Crippen molar-refractivity contribution in [2.75, 3.05) is 26.7 Å². The molecule has 100 valence electrons. The standard InChI is InChI=1S/C12H18Cl2N4/c1-8-10(11(13)17-12(14)16-8)4-6-18-5-3-9(7-18)15-2/h9,15H,3-7H2,1-2H3. The van der Waals surface area contributed by atoms with E-state index in [4.69, 9.17) is 23.2 Å². The first-order chi connectivity index (χ1) is 8.60. The lowest BCUT2D eigenvalue weighted by Gasteiger charge is -2.16. The van der Waals surface area contributed by atoms with Crippen LogP contribution in [0.5, 0.6) is 0 Å². The molecule has 18 heavy (non-hydrogen) atoms. The van der Waals surface area contributed by atoms with Crippen LogP contribution in [0.15, 0.2) is 0 Å². The number of likely N-dealkylation sites (tertiary alicyclic amines) is 1. The summed E-state index contributed by atoms with van der Waals surface area (Å²) in [5.74, 6) is 0. The molecule has 0 amide bonds. The second kappa shape index (κ2) is 6.15. The molecule has 0 saturated carbocycles. The maximum atomic E-state index is 6.11. The largest absolute Gasteiger partial charge is 0.316 e. The zero-order valence-corrected chi connectivity index (χ0v) is 12.2. The van der Waals surface area contributed by atoms with Gasteiger partial charge in [-0.25, -0.2) is 9.97 Å². The normalized spacial score (nSPS) is 20.6. The summed E-state index contributed by atoms with van der Waals surface area (Å²) in [6, 6.07) is 0.614. The molecule has 2 heterocycles. The van der Waals surface area contributed by atoms with E-state index in [1.165, 1.54) is 6.42 Å². The molecule has 1 aliphatic rings. The lowest BCUT2D eigenvalue weighted by atomic mass is 10.2. The predicted molar refractivity (Wildman–Crippen MR) is 74.4 cm³/mol. The van der Waals surface area contributed by atoms with Crippen LogP contribution in [0, 0.1) is 6.92 Å². The third kappa shape index (κ3) is 3.32. The third-order valence-corrected chi connectivity index (χ3v) is 3.98. The van der Waals surface area contributed by atoms with Crippen LogP contribution in [0.1, 0.15) is 17.7 Å². The van der Waals surface area contributed by atoms with Gasteiger partial charge in [0.25, 0.3) is 0 Å². The minimum absolute atomic E-state index is 0.220. The Morgan fingerprint density at radius 1 is 1.39 bits per heavy atom. The van der Waals surface area contributed by atoms with Crippen LogP contribution in [0.4, 0.5) is 0 Å². The van der Waals surface area contributed by atoms with E-state index in [0.717, 1.165) is 37.3 Å². The molecule has 2 rings (SSSR count). The molecule has 0 aromatic carbocycles. The van der Waals surface area contributed by atoms with Crippen molar-refractivity contribution in [2.24, 2.45) is 0 Å². The average molecular weight is 289 g/mol. The number of aromatic nitrogens is 2. The van der Waals surface area contributed by atoms with Crippen molar-refractivity contribution in [1.82, 2.24) is 20.2 Å². The molecule has 0 spiro atoms. The van der Waals surface area contributed by atoms with E-state index in [1.54, 1.807) is 0 Å². The number of nitrogens with one attached hydrogen (secondary N) is 1. The Morgan fingerprint density at radius 2 is 2.17 bits per heavy atom. The van der Waals surface area contributed by atoms with Gasteiger partial charge in [0.2, 0.25) is 5.28 Å². The molecule has 0 bridgehead atoms. The SMILES string of the molecule is CNC1CCN(CCc2c(C)nc(Cl)nc2Cl)C1. The Kier molecular flexibility index (Phi) is 4.78. The summed E-state index contributed by atoms with van der Waals surface area (Å²) in [6.45, 7) is 5.15. The van der Waals surface area contributed by atoms with Crippen LogP contribution in [0.2, 0.25) is 10.4 Å². The molecule has 1 fully saturated rings. The third-order valence-electron chi connectivity index (χ3n) is 3.49. The Balaban J connectivity index is 1.95. The minimum Gasteiger partial charge on any atom is -0.316 e. The van der Waals surface area contributed by atoms with Crippen LogP contribution in [-0.2, 0) is 6.42 Å². The average Bonchev–Trinajstić information content (AvgIpc) is 2.75. The van der Waals surface area contributed by atoms with E-state index < -0.39 is 0 Å². The highest BCUT2D eigenvalue weighted by Crippen LogP contribution is 2.20. The number of aryl methyl sites for hydroxylation is 1. The van der Waals surface area contributed by atoms with Gasteiger partial charge in [-0.1, -0.05) is 11.6 Å². The number of nitrogens with zero attached hydrogens (tertiary/aromatic N) is 3. The first-order valence-electron chi connectivity index (χ1n) is 6.18. The molecule has 1 aliphatic heterocycles. The first-order valence-corrected chi connectivity index (χ1v) is 6.94. The van der Waals surface area contributed by atoms with Gasteiger partial charge in [-0.2, -0.15) is 0 Å². The summed E-state index contributed by atoms with van der Waals surface area (Å²) in [5.41, 5.74) is 1.89. The van der Waals surface area contributed by atoms with Crippen molar-refractivity contribution in [3.63, 3.8) is 0 Å². The fraction of sp³-hybridized carbons (Fsp3) is 0.667. The molecule has 6 heteroatoms. The molecule has 1 atom stereocenters. The number of hydrogen-bond donors (Lipinski definition) is 1. The van der Waals surface area contributed by atoms with E-state index in [1.807, 2.05) is 14.0 Å².